The Kier molecular flexibility index (Phi) is 5.33. The molecule has 0 aliphatic carbocycles. The Morgan fingerprint density at radius 1 is 1.00 bits per heavy atom. The van der Waals surface area contributed by atoms with Crippen LogP contribution >= 0.6 is 11.6 Å². The van der Waals surface area contributed by atoms with E-state index in [0.717, 1.165) is 16.7 Å². The first-order valence-electron chi connectivity index (χ1n) is 9.26. The van der Waals surface area contributed by atoms with E-state index in [1.807, 2.05) is 18.2 Å². The lowest BCUT2D eigenvalue weighted by Crippen LogP contribution is -2.26. The minimum absolute atomic E-state index is 0.216. The molecule has 7 heteroatoms. The molecule has 0 aliphatic rings. The molecular weight excluding hydrogens is 403 g/mol. The van der Waals surface area contributed by atoms with Gasteiger partial charge < -0.3 is 0 Å². The van der Waals surface area contributed by atoms with E-state index >= 15 is 0 Å². The molecule has 0 radical (unpaired) electrons. The Morgan fingerprint density at radius 3 is 2.30 bits per heavy atom. The van der Waals surface area contributed by atoms with Gasteiger partial charge in [0.1, 0.15) is 17.3 Å². The Hall–Kier alpha value is -3.51. The van der Waals surface area contributed by atoms with Crippen molar-refractivity contribution in [1.82, 2.24) is 14.8 Å². The van der Waals surface area contributed by atoms with Crippen LogP contribution in [0.25, 0.3) is 22.4 Å². The van der Waals surface area contributed by atoms with Gasteiger partial charge in [-0.1, -0.05) is 23.7 Å². The van der Waals surface area contributed by atoms with Crippen LogP contribution < -0.4 is 4.90 Å². The van der Waals surface area contributed by atoms with Crippen LogP contribution in [-0.4, -0.2) is 20.7 Å². The number of benzene rings is 2. The van der Waals surface area contributed by atoms with E-state index in [4.69, 9.17) is 11.6 Å². The largest absolute Gasteiger partial charge is 0.274 e. The summed E-state index contributed by atoms with van der Waals surface area (Å²) in [5.74, 6) is 0.00924. The Bertz CT molecular complexity index is 1210. The molecule has 0 saturated heterocycles. The number of halogens is 2. The number of aryl methyl sites for hydroxylation is 1. The molecule has 30 heavy (non-hydrogen) atoms. The Morgan fingerprint density at radius 2 is 1.67 bits per heavy atom. The molecule has 0 spiro atoms. The summed E-state index contributed by atoms with van der Waals surface area (Å²) in [5, 5.41) is 5.12. The first-order valence-corrected chi connectivity index (χ1v) is 9.63. The van der Waals surface area contributed by atoms with Gasteiger partial charge in [-0.25, -0.2) is 4.39 Å². The maximum absolute atomic E-state index is 13.5. The lowest BCUT2D eigenvalue weighted by Gasteiger charge is -2.24. The van der Waals surface area contributed by atoms with Gasteiger partial charge in [-0.05, 0) is 54.1 Å². The molecule has 0 unspecified atom stereocenters. The fraction of sp³-hybridized carbons (Fsp3) is 0.0870. The third-order valence-electron chi connectivity index (χ3n) is 4.72. The molecule has 2 heterocycles. The minimum atomic E-state index is -0.332. The van der Waals surface area contributed by atoms with Gasteiger partial charge in [-0.15, -0.1) is 0 Å². The van der Waals surface area contributed by atoms with Crippen molar-refractivity contribution in [3.8, 4) is 22.4 Å². The highest BCUT2D eigenvalue weighted by Crippen LogP contribution is 2.43. The SMILES string of the molecule is CC(=O)N(c1ccccc1Cl)c1c(-c2ccncc2)c(-c2ccc(F)cc2)nn1C. The molecule has 5 nitrogen and oxygen atoms in total. The molecule has 0 bridgehead atoms. The van der Waals surface area contributed by atoms with Crippen molar-refractivity contribution in [2.75, 3.05) is 4.90 Å². The molecule has 4 aromatic rings. The lowest BCUT2D eigenvalue weighted by atomic mass is 10.0. The molecular formula is C23H18ClFN4O. The van der Waals surface area contributed by atoms with Crippen LogP contribution in [-0.2, 0) is 11.8 Å². The molecule has 150 valence electrons. The first-order chi connectivity index (χ1) is 14.5. The van der Waals surface area contributed by atoms with Crippen molar-refractivity contribution in [2.24, 2.45) is 7.05 Å². The first kappa shape index (κ1) is 19.8. The molecule has 0 atom stereocenters. The summed E-state index contributed by atoms with van der Waals surface area (Å²) in [4.78, 5) is 18.4. The molecule has 0 aliphatic heterocycles. The van der Waals surface area contributed by atoms with Crippen molar-refractivity contribution in [2.45, 2.75) is 6.92 Å². The van der Waals surface area contributed by atoms with Gasteiger partial charge in [0, 0.05) is 31.9 Å². The van der Waals surface area contributed by atoms with Gasteiger partial charge in [0.25, 0.3) is 0 Å². The monoisotopic (exact) mass is 420 g/mol. The highest BCUT2D eigenvalue weighted by molar-refractivity contribution is 6.34. The van der Waals surface area contributed by atoms with E-state index in [0.29, 0.717) is 22.2 Å². The number of para-hydroxylation sites is 1. The van der Waals surface area contributed by atoms with E-state index in [9.17, 15) is 9.18 Å². The summed E-state index contributed by atoms with van der Waals surface area (Å²) < 4.78 is 15.1. The average Bonchev–Trinajstić information content (AvgIpc) is 3.07. The van der Waals surface area contributed by atoms with Gasteiger partial charge in [0.15, 0.2) is 0 Å². The number of aromatic nitrogens is 3. The van der Waals surface area contributed by atoms with Gasteiger partial charge in [0.2, 0.25) is 5.91 Å². The molecule has 0 fully saturated rings. The predicted octanol–water partition coefficient (Wildman–Crippen LogP) is 5.63. The second-order valence-electron chi connectivity index (χ2n) is 6.72. The van der Waals surface area contributed by atoms with Crippen LogP contribution in [0, 0.1) is 5.82 Å². The molecule has 4 rings (SSSR count). The number of nitrogens with zero attached hydrogens (tertiary/aromatic N) is 4. The van der Waals surface area contributed by atoms with Crippen molar-refractivity contribution < 1.29 is 9.18 Å². The maximum atomic E-state index is 13.5. The van der Waals surface area contributed by atoms with Crippen LogP contribution in [0.2, 0.25) is 5.02 Å². The Balaban J connectivity index is 2.03. The topological polar surface area (TPSA) is 51.0 Å². The van der Waals surface area contributed by atoms with Gasteiger partial charge >= 0.3 is 0 Å². The third kappa shape index (κ3) is 3.57. The number of pyridine rings is 1. The smallest absolute Gasteiger partial charge is 0.229 e. The zero-order chi connectivity index (χ0) is 21.3. The lowest BCUT2D eigenvalue weighted by molar-refractivity contribution is -0.115. The quantitative estimate of drug-likeness (QED) is 0.430. The standard InChI is InChI=1S/C23H18ClFN4O/c1-15(30)29(20-6-4-3-5-19(20)24)23-21(16-11-13-26-14-12-16)22(27-28(23)2)17-7-9-18(25)10-8-17/h3-14H,1-2H3. The van der Waals surface area contributed by atoms with Crippen LogP contribution in [0.15, 0.2) is 73.1 Å². The van der Waals surface area contributed by atoms with E-state index < -0.39 is 0 Å². The van der Waals surface area contributed by atoms with Crippen molar-refractivity contribution in [1.29, 1.82) is 0 Å². The van der Waals surface area contributed by atoms with Crippen LogP contribution in [0.5, 0.6) is 0 Å². The van der Waals surface area contributed by atoms with E-state index in [1.54, 1.807) is 54.5 Å². The highest BCUT2D eigenvalue weighted by atomic mass is 35.5. The number of carbonyl (C=O) groups excluding carboxylic acids is 1. The van der Waals surface area contributed by atoms with Crippen molar-refractivity contribution in [3.05, 3.63) is 83.9 Å². The summed E-state index contributed by atoms with van der Waals surface area (Å²) in [6.45, 7) is 1.48. The van der Waals surface area contributed by atoms with Gasteiger partial charge in [0.05, 0.1) is 16.3 Å². The summed E-state index contributed by atoms with van der Waals surface area (Å²) in [6, 6.07) is 16.9. The molecule has 1 amide bonds. The summed E-state index contributed by atoms with van der Waals surface area (Å²) in [6.07, 6.45) is 3.35. The zero-order valence-corrected chi connectivity index (χ0v) is 17.1. The van der Waals surface area contributed by atoms with Crippen LogP contribution in [0.4, 0.5) is 15.9 Å². The third-order valence-corrected chi connectivity index (χ3v) is 5.04. The molecule has 2 aromatic heterocycles. The number of hydrogen-bond acceptors (Lipinski definition) is 3. The predicted molar refractivity (Wildman–Crippen MR) is 116 cm³/mol. The molecule has 0 N–H and O–H groups in total. The summed E-state index contributed by atoms with van der Waals surface area (Å²) in [7, 11) is 1.76. The van der Waals surface area contributed by atoms with E-state index in [1.165, 1.54) is 24.0 Å². The van der Waals surface area contributed by atoms with Crippen molar-refractivity contribution in [3.63, 3.8) is 0 Å². The second-order valence-corrected chi connectivity index (χ2v) is 7.13. The fourth-order valence-electron chi connectivity index (χ4n) is 3.43. The number of carbonyl (C=O) groups is 1. The second kappa shape index (κ2) is 8.08. The normalized spacial score (nSPS) is 10.8. The number of rotatable bonds is 4. The fourth-order valence-corrected chi connectivity index (χ4v) is 3.65. The number of amides is 1. The van der Waals surface area contributed by atoms with E-state index in [-0.39, 0.29) is 11.7 Å². The summed E-state index contributed by atoms with van der Waals surface area (Å²) in [5.41, 5.74) is 3.45. The average molecular weight is 421 g/mol. The summed E-state index contributed by atoms with van der Waals surface area (Å²) >= 11 is 6.43. The molecule has 2 aromatic carbocycles. The maximum Gasteiger partial charge on any atom is 0.229 e. The highest BCUT2D eigenvalue weighted by Gasteiger charge is 2.28. The van der Waals surface area contributed by atoms with Gasteiger partial charge in [-0.3, -0.25) is 19.4 Å². The van der Waals surface area contributed by atoms with Crippen molar-refractivity contribution >= 4 is 29.0 Å². The molecule has 0 saturated carbocycles. The van der Waals surface area contributed by atoms with Gasteiger partial charge in [-0.2, -0.15) is 5.10 Å². The van der Waals surface area contributed by atoms with Crippen LogP contribution in [0.1, 0.15) is 6.92 Å². The number of hydrogen-bond donors (Lipinski definition) is 0. The van der Waals surface area contributed by atoms with E-state index in [2.05, 4.69) is 10.1 Å². The number of anilines is 2. The zero-order valence-electron chi connectivity index (χ0n) is 16.4. The Labute approximate surface area is 178 Å². The van der Waals surface area contributed by atoms with Crippen LogP contribution in [0.3, 0.4) is 0 Å². The minimum Gasteiger partial charge on any atom is -0.274 e.